The van der Waals surface area contributed by atoms with Crippen molar-refractivity contribution < 1.29 is 32.7 Å². The fourth-order valence-electron chi connectivity index (χ4n) is 2.61. The van der Waals surface area contributed by atoms with Crippen molar-refractivity contribution in [3.05, 3.63) is 30.1 Å². The van der Waals surface area contributed by atoms with Crippen molar-refractivity contribution in [1.82, 2.24) is 20.5 Å². The van der Waals surface area contributed by atoms with Gasteiger partial charge in [-0.3, -0.25) is 14.6 Å². The summed E-state index contributed by atoms with van der Waals surface area (Å²) >= 11 is 0. The maximum absolute atomic E-state index is 12.9. The van der Waals surface area contributed by atoms with Crippen molar-refractivity contribution in [2.45, 2.75) is 6.18 Å². The number of pyridine rings is 1. The van der Waals surface area contributed by atoms with Gasteiger partial charge in [-0.05, 0) is 12.1 Å². The summed E-state index contributed by atoms with van der Waals surface area (Å²) in [5.74, 6) is -5.79. The van der Waals surface area contributed by atoms with Gasteiger partial charge in [-0.1, -0.05) is 0 Å². The van der Waals surface area contributed by atoms with Crippen LogP contribution in [0, 0.1) is 11.8 Å². The van der Waals surface area contributed by atoms with E-state index in [9.17, 15) is 27.6 Å². The second-order valence-electron chi connectivity index (χ2n) is 5.73. The van der Waals surface area contributed by atoms with Crippen molar-refractivity contribution in [1.29, 1.82) is 0 Å². The van der Waals surface area contributed by atoms with E-state index in [1.807, 2.05) is 0 Å². The standard InChI is InChI=1S/C15H17F3N4O4/c16-15(17,18)11-8-22(7-10(11)13(24)25)14(26)21-5-4-20-12(23)9-2-1-3-19-6-9/h1-3,6,10-11H,4-5,7-8H2,(H,20,23)(H,21,26)(H,24,25)/t10-,11-/m1/s1. The largest absolute Gasteiger partial charge is 0.481 e. The summed E-state index contributed by atoms with van der Waals surface area (Å²) in [5.41, 5.74) is 0.329. The molecule has 2 atom stereocenters. The van der Waals surface area contributed by atoms with Crippen LogP contribution in [-0.4, -0.2) is 65.3 Å². The van der Waals surface area contributed by atoms with Crippen molar-refractivity contribution >= 4 is 17.9 Å². The van der Waals surface area contributed by atoms with Crippen LogP contribution in [0.2, 0.25) is 0 Å². The van der Waals surface area contributed by atoms with E-state index in [4.69, 9.17) is 5.11 Å². The number of nitrogens with one attached hydrogen (secondary N) is 2. The summed E-state index contributed by atoms with van der Waals surface area (Å²) < 4.78 is 38.7. The zero-order valence-electron chi connectivity index (χ0n) is 13.5. The molecule has 142 valence electrons. The summed E-state index contributed by atoms with van der Waals surface area (Å²) in [4.78, 5) is 39.3. The molecule has 8 nitrogen and oxygen atoms in total. The third-order valence-electron chi connectivity index (χ3n) is 3.96. The summed E-state index contributed by atoms with van der Waals surface area (Å²) in [6.07, 6.45) is -1.83. The molecule has 1 aliphatic heterocycles. The highest BCUT2D eigenvalue weighted by Gasteiger charge is 2.53. The summed E-state index contributed by atoms with van der Waals surface area (Å²) in [6.45, 7) is -1.20. The van der Waals surface area contributed by atoms with Gasteiger partial charge in [0.05, 0.1) is 17.4 Å². The molecular formula is C15H17F3N4O4. The topological polar surface area (TPSA) is 112 Å². The second-order valence-corrected chi connectivity index (χ2v) is 5.73. The lowest BCUT2D eigenvalue weighted by Gasteiger charge is -2.18. The first-order chi connectivity index (χ1) is 12.2. The number of aliphatic carboxylic acids is 1. The van der Waals surface area contributed by atoms with Crippen LogP contribution in [0.1, 0.15) is 10.4 Å². The Morgan fingerprint density at radius 2 is 1.92 bits per heavy atom. The van der Waals surface area contributed by atoms with Crippen LogP contribution in [0.4, 0.5) is 18.0 Å². The first-order valence-electron chi connectivity index (χ1n) is 7.70. The number of hydrogen-bond acceptors (Lipinski definition) is 4. The number of aromatic nitrogens is 1. The van der Waals surface area contributed by atoms with Gasteiger partial charge in [-0.25, -0.2) is 4.79 Å². The number of carbonyl (C=O) groups excluding carboxylic acids is 2. The Labute approximate surface area is 146 Å². The van der Waals surface area contributed by atoms with Gasteiger partial charge in [0.25, 0.3) is 5.91 Å². The summed E-state index contributed by atoms with van der Waals surface area (Å²) in [7, 11) is 0. The number of rotatable bonds is 5. The van der Waals surface area contributed by atoms with E-state index in [2.05, 4.69) is 15.6 Å². The van der Waals surface area contributed by atoms with E-state index in [-0.39, 0.29) is 13.1 Å². The fourth-order valence-corrected chi connectivity index (χ4v) is 2.61. The number of carboxylic acid groups (broad SMARTS) is 1. The van der Waals surface area contributed by atoms with Gasteiger partial charge in [-0.2, -0.15) is 13.2 Å². The van der Waals surface area contributed by atoms with E-state index in [1.54, 1.807) is 12.1 Å². The van der Waals surface area contributed by atoms with Gasteiger partial charge in [0.1, 0.15) is 0 Å². The van der Waals surface area contributed by atoms with Gasteiger partial charge in [-0.15, -0.1) is 0 Å². The molecule has 1 saturated heterocycles. The number of alkyl halides is 3. The molecule has 2 heterocycles. The van der Waals surface area contributed by atoms with Crippen molar-refractivity contribution in [2.75, 3.05) is 26.2 Å². The second kappa shape index (κ2) is 8.02. The molecule has 0 spiro atoms. The molecular weight excluding hydrogens is 357 g/mol. The number of nitrogens with zero attached hydrogens (tertiary/aromatic N) is 2. The van der Waals surface area contributed by atoms with Gasteiger partial charge in [0.2, 0.25) is 0 Å². The maximum Gasteiger partial charge on any atom is 0.394 e. The smallest absolute Gasteiger partial charge is 0.394 e. The van der Waals surface area contributed by atoms with E-state index >= 15 is 0 Å². The van der Waals surface area contributed by atoms with Crippen LogP contribution in [0.15, 0.2) is 24.5 Å². The van der Waals surface area contributed by atoms with Crippen LogP contribution in [0.5, 0.6) is 0 Å². The highest BCUT2D eigenvalue weighted by atomic mass is 19.4. The highest BCUT2D eigenvalue weighted by Crippen LogP contribution is 2.37. The fraction of sp³-hybridized carbons (Fsp3) is 0.467. The van der Waals surface area contributed by atoms with Crippen molar-refractivity contribution in [3.63, 3.8) is 0 Å². The average Bonchev–Trinajstić information content (AvgIpc) is 3.05. The summed E-state index contributed by atoms with van der Waals surface area (Å²) in [5, 5.41) is 13.8. The Hall–Kier alpha value is -2.85. The van der Waals surface area contributed by atoms with E-state index in [0.717, 1.165) is 4.90 Å². The molecule has 0 aliphatic carbocycles. The SMILES string of the molecule is O=C(NCCNC(=O)N1C[C@@H](C(F)(F)F)[C@H](C(=O)O)C1)c1cccnc1. The lowest BCUT2D eigenvalue weighted by molar-refractivity contribution is -0.187. The first kappa shape index (κ1) is 19.5. The lowest BCUT2D eigenvalue weighted by Crippen LogP contribution is -2.42. The van der Waals surface area contributed by atoms with Gasteiger partial charge in [0.15, 0.2) is 0 Å². The average molecular weight is 374 g/mol. The van der Waals surface area contributed by atoms with Crippen LogP contribution in [0.25, 0.3) is 0 Å². The van der Waals surface area contributed by atoms with Crippen LogP contribution >= 0.6 is 0 Å². The summed E-state index contributed by atoms with van der Waals surface area (Å²) in [6, 6.07) is 2.33. The van der Waals surface area contributed by atoms with Crippen molar-refractivity contribution in [3.8, 4) is 0 Å². The predicted octanol–water partition coefficient (Wildman–Crippen LogP) is 0.716. The minimum atomic E-state index is -4.70. The first-order valence-corrected chi connectivity index (χ1v) is 7.70. The molecule has 1 fully saturated rings. The molecule has 1 aromatic heterocycles. The van der Waals surface area contributed by atoms with Crippen LogP contribution < -0.4 is 10.6 Å². The van der Waals surface area contributed by atoms with E-state index < -0.39 is 49.0 Å². The van der Waals surface area contributed by atoms with Crippen LogP contribution in [-0.2, 0) is 4.79 Å². The number of likely N-dealkylation sites (tertiary alicyclic amines) is 1. The van der Waals surface area contributed by atoms with Gasteiger partial charge >= 0.3 is 18.2 Å². The number of carboxylic acids is 1. The number of carbonyl (C=O) groups is 3. The quantitative estimate of drug-likeness (QED) is 0.658. The minimum Gasteiger partial charge on any atom is -0.481 e. The van der Waals surface area contributed by atoms with Gasteiger partial charge in [0, 0.05) is 38.6 Å². The maximum atomic E-state index is 12.9. The molecule has 3 N–H and O–H groups in total. The Bertz CT molecular complexity index is 669. The Morgan fingerprint density at radius 3 is 2.46 bits per heavy atom. The Morgan fingerprint density at radius 1 is 1.23 bits per heavy atom. The molecule has 0 bridgehead atoms. The Balaban J connectivity index is 1.79. The molecule has 2 rings (SSSR count). The van der Waals surface area contributed by atoms with E-state index in [1.165, 1.54) is 12.4 Å². The van der Waals surface area contributed by atoms with Crippen molar-refractivity contribution in [2.24, 2.45) is 11.8 Å². The zero-order chi connectivity index (χ0) is 19.3. The third-order valence-corrected chi connectivity index (χ3v) is 3.96. The number of urea groups is 1. The molecule has 0 saturated carbocycles. The number of halogens is 3. The minimum absolute atomic E-state index is 0.0181. The molecule has 3 amide bonds. The zero-order valence-corrected chi connectivity index (χ0v) is 13.5. The van der Waals surface area contributed by atoms with Crippen LogP contribution in [0.3, 0.4) is 0 Å². The highest BCUT2D eigenvalue weighted by molar-refractivity contribution is 5.93. The molecule has 26 heavy (non-hydrogen) atoms. The molecule has 1 aromatic rings. The number of amides is 3. The molecule has 11 heteroatoms. The normalized spacial score (nSPS) is 19.9. The lowest BCUT2D eigenvalue weighted by atomic mass is 9.96. The molecule has 0 radical (unpaired) electrons. The molecule has 1 aliphatic rings. The Kier molecular flexibility index (Phi) is 6.01. The molecule has 0 unspecified atom stereocenters. The monoisotopic (exact) mass is 374 g/mol. The van der Waals surface area contributed by atoms with E-state index in [0.29, 0.717) is 5.56 Å². The number of hydrogen-bond donors (Lipinski definition) is 3. The third kappa shape index (κ3) is 4.83. The van der Waals surface area contributed by atoms with Gasteiger partial charge < -0.3 is 20.6 Å². The molecule has 0 aromatic carbocycles. The predicted molar refractivity (Wildman–Crippen MR) is 82.2 cm³/mol.